The first kappa shape index (κ1) is 18.4. The summed E-state index contributed by atoms with van der Waals surface area (Å²) >= 11 is 0. The van der Waals surface area contributed by atoms with Crippen LogP contribution in [0.1, 0.15) is 37.7 Å². The molecule has 1 amide bonds. The molecule has 0 atom stereocenters. The molecule has 0 unspecified atom stereocenters. The Bertz CT molecular complexity index is 792. The summed E-state index contributed by atoms with van der Waals surface area (Å²) in [6.45, 7) is 4.10. The standard InChI is InChI=1S/C21H27FN2O3/c22-17-4-5-18-16(14-27-19(18)13-17)12-20(25)23-15-21(6-2-1-3-7-21)24-8-10-26-11-9-24/h4-5,13-14H,1-3,6-12,15H2,(H,23,25). The summed E-state index contributed by atoms with van der Waals surface area (Å²) in [7, 11) is 0. The third kappa shape index (κ3) is 4.01. The minimum atomic E-state index is -0.336. The smallest absolute Gasteiger partial charge is 0.224 e. The summed E-state index contributed by atoms with van der Waals surface area (Å²) in [5, 5.41) is 3.97. The summed E-state index contributed by atoms with van der Waals surface area (Å²) in [4.78, 5) is 15.1. The Hall–Kier alpha value is -1.92. The maximum atomic E-state index is 13.3. The second-order valence-corrected chi connectivity index (χ2v) is 7.74. The molecule has 0 bridgehead atoms. The molecule has 1 N–H and O–H groups in total. The van der Waals surface area contributed by atoms with Crippen LogP contribution in [0.5, 0.6) is 0 Å². The van der Waals surface area contributed by atoms with Gasteiger partial charge >= 0.3 is 0 Å². The van der Waals surface area contributed by atoms with Crippen LogP contribution in [-0.4, -0.2) is 49.2 Å². The molecule has 2 fully saturated rings. The lowest BCUT2D eigenvalue weighted by molar-refractivity contribution is -0.121. The molecule has 2 aromatic rings. The SMILES string of the molecule is O=C(Cc1coc2cc(F)ccc12)NCC1(N2CCOCC2)CCCCC1. The van der Waals surface area contributed by atoms with Crippen LogP contribution in [0.25, 0.3) is 11.0 Å². The number of carbonyl (C=O) groups excluding carboxylic acids is 1. The number of fused-ring (bicyclic) bond motifs is 1. The molecule has 146 valence electrons. The Kier molecular flexibility index (Phi) is 5.45. The topological polar surface area (TPSA) is 54.7 Å². The van der Waals surface area contributed by atoms with E-state index in [-0.39, 0.29) is 23.7 Å². The number of benzene rings is 1. The summed E-state index contributed by atoms with van der Waals surface area (Å²) in [6, 6.07) is 4.42. The molecule has 5 nitrogen and oxygen atoms in total. The number of amides is 1. The predicted molar refractivity (Wildman–Crippen MR) is 101 cm³/mol. The molecule has 0 spiro atoms. The lowest BCUT2D eigenvalue weighted by Gasteiger charge is -2.48. The van der Waals surface area contributed by atoms with Gasteiger partial charge in [0.25, 0.3) is 0 Å². The highest BCUT2D eigenvalue weighted by atomic mass is 19.1. The Morgan fingerprint density at radius 2 is 1.96 bits per heavy atom. The fourth-order valence-corrected chi connectivity index (χ4v) is 4.54. The van der Waals surface area contributed by atoms with Gasteiger partial charge in [0.1, 0.15) is 11.4 Å². The molecule has 1 saturated carbocycles. The molecule has 1 aromatic carbocycles. The maximum Gasteiger partial charge on any atom is 0.224 e. The number of halogens is 1. The van der Waals surface area contributed by atoms with Crippen molar-refractivity contribution in [1.82, 2.24) is 10.2 Å². The third-order valence-corrected chi connectivity index (χ3v) is 6.05. The van der Waals surface area contributed by atoms with Gasteiger partial charge in [-0.15, -0.1) is 0 Å². The first-order valence-corrected chi connectivity index (χ1v) is 9.91. The molecular formula is C21H27FN2O3. The van der Waals surface area contributed by atoms with Gasteiger partial charge in [0.2, 0.25) is 5.91 Å². The van der Waals surface area contributed by atoms with Crippen molar-refractivity contribution < 1.29 is 18.3 Å². The van der Waals surface area contributed by atoms with Crippen molar-refractivity contribution in [2.45, 2.75) is 44.1 Å². The fraction of sp³-hybridized carbons (Fsp3) is 0.571. The van der Waals surface area contributed by atoms with Crippen molar-refractivity contribution in [2.24, 2.45) is 0 Å². The van der Waals surface area contributed by atoms with Crippen LogP contribution >= 0.6 is 0 Å². The number of carbonyl (C=O) groups is 1. The van der Waals surface area contributed by atoms with E-state index < -0.39 is 0 Å². The van der Waals surface area contributed by atoms with E-state index in [1.807, 2.05) is 0 Å². The Labute approximate surface area is 158 Å². The van der Waals surface area contributed by atoms with Gasteiger partial charge in [-0.1, -0.05) is 19.3 Å². The second-order valence-electron chi connectivity index (χ2n) is 7.74. The highest BCUT2D eigenvalue weighted by Crippen LogP contribution is 2.34. The number of ether oxygens (including phenoxy) is 1. The van der Waals surface area contributed by atoms with E-state index in [1.165, 1.54) is 31.4 Å². The van der Waals surface area contributed by atoms with Crippen LogP contribution in [0.3, 0.4) is 0 Å². The first-order valence-electron chi connectivity index (χ1n) is 9.91. The van der Waals surface area contributed by atoms with Gasteiger partial charge in [-0.2, -0.15) is 0 Å². The van der Waals surface area contributed by atoms with Crippen molar-refractivity contribution in [3.63, 3.8) is 0 Å². The van der Waals surface area contributed by atoms with E-state index in [0.29, 0.717) is 12.1 Å². The van der Waals surface area contributed by atoms with E-state index in [1.54, 1.807) is 12.3 Å². The first-order chi connectivity index (χ1) is 13.2. The Morgan fingerprint density at radius 3 is 2.74 bits per heavy atom. The zero-order valence-electron chi connectivity index (χ0n) is 15.6. The van der Waals surface area contributed by atoms with Crippen LogP contribution in [-0.2, 0) is 16.0 Å². The van der Waals surface area contributed by atoms with Gasteiger partial charge in [-0.05, 0) is 25.0 Å². The maximum absolute atomic E-state index is 13.3. The van der Waals surface area contributed by atoms with E-state index in [9.17, 15) is 9.18 Å². The molecule has 2 aliphatic rings. The van der Waals surface area contributed by atoms with Crippen molar-refractivity contribution in [2.75, 3.05) is 32.8 Å². The lowest BCUT2D eigenvalue weighted by atomic mass is 9.79. The van der Waals surface area contributed by atoms with Gasteiger partial charge in [0.05, 0.1) is 25.9 Å². The Morgan fingerprint density at radius 1 is 1.19 bits per heavy atom. The number of hydrogen-bond donors (Lipinski definition) is 1. The average molecular weight is 374 g/mol. The number of nitrogens with zero attached hydrogens (tertiary/aromatic N) is 1. The van der Waals surface area contributed by atoms with Crippen LogP contribution in [0.2, 0.25) is 0 Å². The number of hydrogen-bond acceptors (Lipinski definition) is 4. The minimum absolute atomic E-state index is 0.0137. The highest BCUT2D eigenvalue weighted by Gasteiger charge is 2.38. The average Bonchev–Trinajstić information content (AvgIpc) is 3.09. The highest BCUT2D eigenvalue weighted by molar-refractivity contribution is 5.87. The van der Waals surface area contributed by atoms with Crippen molar-refractivity contribution >= 4 is 16.9 Å². The number of furan rings is 1. The normalized spacial score (nSPS) is 20.6. The van der Waals surface area contributed by atoms with Crippen LogP contribution in [0, 0.1) is 5.82 Å². The molecule has 6 heteroatoms. The zero-order valence-corrected chi connectivity index (χ0v) is 15.6. The third-order valence-electron chi connectivity index (χ3n) is 6.05. The zero-order chi connectivity index (χ0) is 18.7. The molecule has 2 heterocycles. The molecule has 1 aliphatic heterocycles. The summed E-state index contributed by atoms with van der Waals surface area (Å²) < 4.78 is 24.2. The van der Waals surface area contributed by atoms with Gasteiger partial charge in [-0.3, -0.25) is 9.69 Å². The fourth-order valence-electron chi connectivity index (χ4n) is 4.54. The summed E-state index contributed by atoms with van der Waals surface area (Å²) in [5.41, 5.74) is 1.33. The Balaban J connectivity index is 1.41. The summed E-state index contributed by atoms with van der Waals surface area (Å²) in [5.74, 6) is -0.349. The monoisotopic (exact) mass is 374 g/mol. The van der Waals surface area contributed by atoms with Gasteiger partial charge < -0.3 is 14.5 Å². The number of rotatable bonds is 5. The van der Waals surface area contributed by atoms with Crippen LogP contribution in [0.4, 0.5) is 4.39 Å². The van der Waals surface area contributed by atoms with Crippen molar-refractivity contribution in [3.05, 3.63) is 35.8 Å². The van der Waals surface area contributed by atoms with Crippen molar-refractivity contribution in [1.29, 1.82) is 0 Å². The quantitative estimate of drug-likeness (QED) is 0.873. The van der Waals surface area contributed by atoms with Crippen LogP contribution < -0.4 is 5.32 Å². The molecule has 1 aromatic heterocycles. The van der Waals surface area contributed by atoms with Gasteiger partial charge in [0, 0.05) is 42.2 Å². The number of nitrogens with one attached hydrogen (secondary N) is 1. The largest absolute Gasteiger partial charge is 0.464 e. The number of morpholine rings is 1. The van der Waals surface area contributed by atoms with E-state index in [4.69, 9.17) is 9.15 Å². The van der Waals surface area contributed by atoms with E-state index in [0.717, 1.165) is 50.1 Å². The lowest BCUT2D eigenvalue weighted by Crippen LogP contribution is -2.59. The molecule has 1 aliphatic carbocycles. The predicted octanol–water partition coefficient (Wildman–Crippen LogP) is 3.27. The van der Waals surface area contributed by atoms with Gasteiger partial charge in [-0.25, -0.2) is 4.39 Å². The van der Waals surface area contributed by atoms with Crippen molar-refractivity contribution in [3.8, 4) is 0 Å². The summed E-state index contributed by atoms with van der Waals surface area (Å²) in [6.07, 6.45) is 7.76. The molecular weight excluding hydrogens is 347 g/mol. The minimum Gasteiger partial charge on any atom is -0.464 e. The van der Waals surface area contributed by atoms with E-state index in [2.05, 4.69) is 10.2 Å². The van der Waals surface area contributed by atoms with Gasteiger partial charge in [0.15, 0.2) is 0 Å². The molecule has 0 radical (unpaired) electrons. The van der Waals surface area contributed by atoms with Crippen LogP contribution in [0.15, 0.2) is 28.9 Å². The molecule has 27 heavy (non-hydrogen) atoms. The molecule has 4 rings (SSSR count). The molecule has 1 saturated heterocycles. The second kappa shape index (κ2) is 7.98. The van der Waals surface area contributed by atoms with E-state index >= 15 is 0 Å².